The average molecular weight is 574 g/mol. The number of nitrogens with two attached hydrogens (primary N) is 1. The highest BCUT2D eigenvalue weighted by atomic mass is 16.7. The fourth-order valence-corrected chi connectivity index (χ4v) is 6.15. The summed E-state index contributed by atoms with van der Waals surface area (Å²) in [5.74, 6) is -0.126. The van der Waals surface area contributed by atoms with Crippen LogP contribution in [0.25, 0.3) is 0 Å². The summed E-state index contributed by atoms with van der Waals surface area (Å²) in [6, 6.07) is 20.6. The van der Waals surface area contributed by atoms with Gasteiger partial charge in [-0.05, 0) is 59.9 Å². The first-order valence-electron chi connectivity index (χ1n) is 14.5. The average Bonchev–Trinajstić information content (AvgIpc) is 3.62. The molecule has 2 aliphatic rings. The molecule has 0 radical (unpaired) electrons. The summed E-state index contributed by atoms with van der Waals surface area (Å²) < 4.78 is 16.7. The molecular weight excluding hydrogens is 534 g/mol. The fourth-order valence-electron chi connectivity index (χ4n) is 6.15. The molecule has 222 valence electrons. The van der Waals surface area contributed by atoms with Crippen LogP contribution in [0.15, 0.2) is 66.7 Å². The lowest BCUT2D eigenvalue weighted by molar-refractivity contribution is -0.143. The first kappa shape index (κ1) is 29.4. The zero-order valence-electron chi connectivity index (χ0n) is 24.2. The van der Waals surface area contributed by atoms with Crippen molar-refractivity contribution in [1.29, 1.82) is 0 Å². The highest BCUT2D eigenvalue weighted by Gasteiger charge is 2.47. The molecule has 5 rings (SSSR count). The van der Waals surface area contributed by atoms with Crippen molar-refractivity contribution >= 4 is 17.6 Å². The van der Waals surface area contributed by atoms with Gasteiger partial charge < -0.3 is 30.0 Å². The minimum Gasteiger partial charge on any atom is -0.496 e. The summed E-state index contributed by atoms with van der Waals surface area (Å²) in [6.45, 7) is 3.68. The molecule has 9 nitrogen and oxygen atoms in total. The van der Waals surface area contributed by atoms with E-state index >= 15 is 0 Å². The molecule has 0 saturated carbocycles. The van der Waals surface area contributed by atoms with Gasteiger partial charge in [0.1, 0.15) is 5.75 Å². The maximum Gasteiger partial charge on any atom is 0.308 e. The van der Waals surface area contributed by atoms with E-state index in [-0.39, 0.29) is 25.2 Å². The van der Waals surface area contributed by atoms with E-state index in [0.29, 0.717) is 43.3 Å². The molecule has 3 N–H and O–H groups in total. The van der Waals surface area contributed by atoms with E-state index in [1.807, 2.05) is 76.5 Å². The lowest BCUT2D eigenvalue weighted by Crippen LogP contribution is -2.45. The van der Waals surface area contributed by atoms with Gasteiger partial charge in [0.25, 0.3) is 0 Å². The summed E-state index contributed by atoms with van der Waals surface area (Å²) in [6.07, 6.45) is 2.21. The minimum atomic E-state index is -0.897. The van der Waals surface area contributed by atoms with Gasteiger partial charge in [-0.3, -0.25) is 14.5 Å². The molecule has 0 aliphatic carbocycles. The highest BCUT2D eigenvalue weighted by Crippen LogP contribution is 2.43. The zero-order valence-corrected chi connectivity index (χ0v) is 24.2. The number of rotatable bonds is 12. The number of anilines is 1. The molecule has 2 heterocycles. The molecule has 3 aromatic rings. The third kappa shape index (κ3) is 6.22. The van der Waals surface area contributed by atoms with E-state index < -0.39 is 17.9 Å². The molecule has 1 saturated heterocycles. The largest absolute Gasteiger partial charge is 0.496 e. The van der Waals surface area contributed by atoms with Gasteiger partial charge in [-0.2, -0.15) is 0 Å². The van der Waals surface area contributed by atoms with Crippen LogP contribution in [0.2, 0.25) is 0 Å². The van der Waals surface area contributed by atoms with Crippen LogP contribution in [0.3, 0.4) is 0 Å². The van der Waals surface area contributed by atoms with Crippen LogP contribution in [-0.2, 0) is 22.6 Å². The molecule has 0 spiro atoms. The van der Waals surface area contributed by atoms with E-state index in [1.54, 1.807) is 7.11 Å². The number of carboxylic acid groups (broad SMARTS) is 1. The third-order valence-corrected chi connectivity index (χ3v) is 8.31. The number of carbonyl (C=O) groups is 2. The van der Waals surface area contributed by atoms with Crippen LogP contribution >= 0.6 is 0 Å². The molecule has 0 aromatic heterocycles. The maximum atomic E-state index is 14.0. The second-order valence-electron chi connectivity index (χ2n) is 10.9. The van der Waals surface area contributed by atoms with Gasteiger partial charge >= 0.3 is 5.97 Å². The van der Waals surface area contributed by atoms with E-state index in [0.717, 1.165) is 35.2 Å². The van der Waals surface area contributed by atoms with Crippen LogP contribution < -0.4 is 24.8 Å². The Bertz CT molecular complexity index is 1410. The number of nitrogens with zero attached hydrogens (tertiary/aromatic N) is 2. The quantitative estimate of drug-likeness (QED) is 0.327. The third-order valence-electron chi connectivity index (χ3n) is 8.31. The van der Waals surface area contributed by atoms with Gasteiger partial charge in [0.05, 0.1) is 19.6 Å². The Morgan fingerprint density at radius 2 is 1.88 bits per heavy atom. The normalized spacial score (nSPS) is 19.5. The minimum absolute atomic E-state index is 0.0712. The molecule has 3 aromatic carbocycles. The molecule has 3 atom stereocenters. The molecule has 1 fully saturated rings. The lowest BCUT2D eigenvalue weighted by Gasteiger charge is -2.30. The number of amides is 1. The van der Waals surface area contributed by atoms with E-state index in [1.165, 1.54) is 0 Å². The maximum absolute atomic E-state index is 14.0. The number of unbranched alkanes of at least 4 members (excludes halogenated alkanes) is 1. The highest BCUT2D eigenvalue weighted by molar-refractivity contribution is 5.95. The van der Waals surface area contributed by atoms with Gasteiger partial charge in [0.2, 0.25) is 12.7 Å². The number of carbonyl (C=O) groups excluding carboxylic acids is 1. The Labute approximate surface area is 246 Å². The second-order valence-corrected chi connectivity index (χ2v) is 10.9. The van der Waals surface area contributed by atoms with E-state index in [9.17, 15) is 14.7 Å². The number of methoxy groups -OCH3 is 1. The Balaban J connectivity index is 1.49. The van der Waals surface area contributed by atoms with Gasteiger partial charge in [-0.25, -0.2) is 0 Å². The van der Waals surface area contributed by atoms with Crippen molar-refractivity contribution in [1.82, 2.24) is 4.90 Å². The van der Waals surface area contributed by atoms with Crippen molar-refractivity contribution in [3.63, 3.8) is 0 Å². The van der Waals surface area contributed by atoms with Crippen molar-refractivity contribution in [3.05, 3.63) is 83.4 Å². The molecular formula is C33H39N3O6. The number of hydrogen-bond acceptors (Lipinski definition) is 7. The Morgan fingerprint density at radius 1 is 1.07 bits per heavy atom. The molecule has 0 bridgehead atoms. The molecule has 2 aliphatic heterocycles. The van der Waals surface area contributed by atoms with E-state index in [4.69, 9.17) is 19.9 Å². The van der Waals surface area contributed by atoms with Crippen LogP contribution in [0.1, 0.15) is 42.4 Å². The summed E-state index contributed by atoms with van der Waals surface area (Å²) in [4.78, 5) is 30.8. The van der Waals surface area contributed by atoms with Crippen molar-refractivity contribution in [2.24, 2.45) is 11.7 Å². The Hall–Kier alpha value is -4.08. The Morgan fingerprint density at radius 3 is 2.64 bits per heavy atom. The van der Waals surface area contributed by atoms with Crippen molar-refractivity contribution in [2.45, 2.75) is 44.7 Å². The predicted octanol–water partition coefficient (Wildman–Crippen LogP) is 4.43. The zero-order chi connectivity index (χ0) is 29.6. The lowest BCUT2D eigenvalue weighted by atomic mass is 9.83. The van der Waals surface area contributed by atoms with Gasteiger partial charge in [-0.15, -0.1) is 0 Å². The van der Waals surface area contributed by atoms with Crippen LogP contribution in [-0.4, -0.2) is 61.5 Å². The number of para-hydroxylation sites is 1. The molecule has 1 unspecified atom stereocenters. The van der Waals surface area contributed by atoms with Crippen LogP contribution in [0.4, 0.5) is 5.69 Å². The summed E-state index contributed by atoms with van der Waals surface area (Å²) >= 11 is 0. The molecule has 1 amide bonds. The second kappa shape index (κ2) is 13.3. The monoisotopic (exact) mass is 573 g/mol. The number of fused-ring (bicyclic) bond motifs is 1. The summed E-state index contributed by atoms with van der Waals surface area (Å²) in [7, 11) is 1.61. The number of benzene rings is 3. The van der Waals surface area contributed by atoms with Crippen molar-refractivity contribution in [3.8, 4) is 17.2 Å². The molecule has 9 heteroatoms. The fraction of sp³-hybridized carbons (Fsp3) is 0.394. The smallest absolute Gasteiger partial charge is 0.308 e. The van der Waals surface area contributed by atoms with Crippen LogP contribution in [0, 0.1) is 5.92 Å². The number of aliphatic carboxylic acids is 1. The first-order valence-corrected chi connectivity index (χ1v) is 14.5. The first-order chi connectivity index (χ1) is 20.4. The van der Waals surface area contributed by atoms with Gasteiger partial charge in [0, 0.05) is 37.3 Å². The number of carboxylic acids is 1. The summed E-state index contributed by atoms with van der Waals surface area (Å²) in [5.41, 5.74) is 9.40. The van der Waals surface area contributed by atoms with Crippen LogP contribution in [0.5, 0.6) is 17.2 Å². The predicted molar refractivity (Wildman–Crippen MR) is 160 cm³/mol. The van der Waals surface area contributed by atoms with Crippen molar-refractivity contribution in [2.75, 3.05) is 38.4 Å². The Kier molecular flexibility index (Phi) is 9.29. The SMILES string of the molecule is CCCCN(C(=O)CN1C[C@H](c2ccc3c(c2)OCO3)C(C(=O)O)[C@@H]1Cc1ccccc1OC)c1cccc(CN)c1. The van der Waals surface area contributed by atoms with Gasteiger partial charge in [0.15, 0.2) is 11.5 Å². The number of likely N-dealkylation sites (tertiary alicyclic amines) is 1. The van der Waals surface area contributed by atoms with Crippen molar-refractivity contribution < 1.29 is 28.9 Å². The number of ether oxygens (including phenoxy) is 3. The van der Waals surface area contributed by atoms with E-state index in [2.05, 4.69) is 6.92 Å². The molecule has 42 heavy (non-hydrogen) atoms. The number of hydrogen-bond donors (Lipinski definition) is 2. The summed E-state index contributed by atoms with van der Waals surface area (Å²) in [5, 5.41) is 10.6. The standard InChI is InChI=1S/C33H39N3O6/c1-3-4-14-36(25-10-7-8-22(15-25)18-34)31(37)20-35-19-26(23-12-13-29-30(17-23)42-21-41-29)32(33(38)39)27(35)16-24-9-5-6-11-28(24)40-2/h5-13,15,17,26-27,32H,3-4,14,16,18-21,34H2,1-2H3,(H,38,39)/t26-,27+,32?/m1/s1. The topological polar surface area (TPSA) is 115 Å². The van der Waals surface area contributed by atoms with Gasteiger partial charge in [-0.1, -0.05) is 49.7 Å².